The van der Waals surface area contributed by atoms with Gasteiger partial charge >= 0.3 is 0 Å². The Balaban J connectivity index is 1.65. The minimum atomic E-state index is -1.13. The summed E-state index contributed by atoms with van der Waals surface area (Å²) in [5.74, 6) is -0.307. The first-order valence-corrected chi connectivity index (χ1v) is 11.1. The number of nitrogens with zero attached hydrogens (tertiary/aromatic N) is 2. The van der Waals surface area contributed by atoms with Crippen LogP contribution in [0.15, 0.2) is 66.7 Å². The van der Waals surface area contributed by atoms with Gasteiger partial charge in [-0.3, -0.25) is 14.5 Å². The molecule has 2 aliphatic heterocycles. The lowest BCUT2D eigenvalue weighted by atomic mass is 10.0. The van der Waals surface area contributed by atoms with Crippen LogP contribution in [0.25, 0.3) is 0 Å². The Morgan fingerprint density at radius 1 is 0.968 bits per heavy atom. The molecule has 1 saturated heterocycles. The Labute approximate surface area is 184 Å². The van der Waals surface area contributed by atoms with E-state index in [1.807, 2.05) is 50.2 Å². The summed E-state index contributed by atoms with van der Waals surface area (Å²) in [7, 11) is 0. The molecule has 156 valence electrons. The van der Waals surface area contributed by atoms with E-state index in [0.717, 1.165) is 33.6 Å². The molecule has 1 atom stereocenters. The number of carbonyl (C=O) groups excluding carboxylic acids is 2. The fraction of sp³-hybridized carbons (Fsp3) is 0.200. The molecule has 0 aliphatic carbocycles. The molecule has 4 nitrogen and oxygen atoms in total. The average Bonchev–Trinajstić information content (AvgIpc) is 3.20. The third-order valence-corrected chi connectivity index (χ3v) is 7.17. The van der Waals surface area contributed by atoms with E-state index < -0.39 is 4.87 Å². The molecule has 0 bridgehead atoms. The lowest BCUT2D eigenvalue weighted by Crippen LogP contribution is -2.49. The summed E-state index contributed by atoms with van der Waals surface area (Å²) in [5, 5.41) is 0. The fourth-order valence-electron chi connectivity index (χ4n) is 4.56. The van der Waals surface area contributed by atoms with Crippen molar-refractivity contribution in [2.45, 2.75) is 25.3 Å². The lowest BCUT2D eigenvalue weighted by molar-refractivity contribution is -0.123. The van der Waals surface area contributed by atoms with Crippen molar-refractivity contribution in [3.63, 3.8) is 0 Å². The van der Waals surface area contributed by atoms with Crippen molar-refractivity contribution >= 4 is 35.0 Å². The number of amides is 2. The fourth-order valence-corrected chi connectivity index (χ4v) is 5.92. The van der Waals surface area contributed by atoms with E-state index in [2.05, 4.69) is 6.07 Å². The van der Waals surface area contributed by atoms with E-state index in [4.69, 9.17) is 0 Å². The molecule has 0 N–H and O–H groups in total. The monoisotopic (exact) mass is 432 g/mol. The van der Waals surface area contributed by atoms with Crippen molar-refractivity contribution in [2.24, 2.45) is 0 Å². The highest BCUT2D eigenvalue weighted by Gasteiger charge is 2.60. The molecule has 31 heavy (non-hydrogen) atoms. The molecule has 2 heterocycles. The first-order valence-electron chi connectivity index (χ1n) is 10.1. The van der Waals surface area contributed by atoms with E-state index in [-0.39, 0.29) is 23.4 Å². The van der Waals surface area contributed by atoms with Gasteiger partial charge < -0.3 is 4.90 Å². The third-order valence-electron chi connectivity index (χ3n) is 5.78. The van der Waals surface area contributed by atoms with Crippen LogP contribution in [-0.2, 0) is 21.0 Å². The number of hydrogen-bond acceptors (Lipinski definition) is 3. The van der Waals surface area contributed by atoms with Crippen molar-refractivity contribution in [3.05, 3.63) is 94.8 Å². The second kappa shape index (κ2) is 7.24. The maximum absolute atomic E-state index is 14.0. The molecule has 0 saturated carbocycles. The smallest absolute Gasteiger partial charge is 0.269 e. The van der Waals surface area contributed by atoms with E-state index in [9.17, 15) is 14.0 Å². The number of benzene rings is 3. The number of rotatable bonds is 3. The number of thioether (sulfide) groups is 1. The zero-order valence-corrected chi connectivity index (χ0v) is 18.1. The van der Waals surface area contributed by atoms with Crippen LogP contribution < -0.4 is 9.80 Å². The molecule has 5 rings (SSSR count). The van der Waals surface area contributed by atoms with E-state index >= 15 is 0 Å². The molecule has 6 heteroatoms. The van der Waals surface area contributed by atoms with E-state index in [1.165, 1.54) is 23.9 Å². The number of carbonyl (C=O) groups is 2. The number of aryl methyl sites for hydroxylation is 2. The topological polar surface area (TPSA) is 40.6 Å². The average molecular weight is 433 g/mol. The van der Waals surface area contributed by atoms with Crippen molar-refractivity contribution in [3.8, 4) is 0 Å². The molecular formula is C25H21FN2O2S. The van der Waals surface area contributed by atoms with Crippen LogP contribution in [0.1, 0.15) is 22.3 Å². The summed E-state index contributed by atoms with van der Waals surface area (Å²) in [6.45, 7) is 4.29. The highest BCUT2D eigenvalue weighted by Crippen LogP contribution is 2.56. The summed E-state index contributed by atoms with van der Waals surface area (Å²) in [6, 6.07) is 19.8. The summed E-state index contributed by atoms with van der Waals surface area (Å²) in [4.78, 5) is 29.4. The summed E-state index contributed by atoms with van der Waals surface area (Å²) >= 11 is 1.37. The second-order valence-corrected chi connectivity index (χ2v) is 9.21. The Morgan fingerprint density at radius 2 is 1.65 bits per heavy atom. The zero-order chi connectivity index (χ0) is 21.8. The third kappa shape index (κ3) is 3.05. The molecule has 0 aromatic heterocycles. The maximum Gasteiger partial charge on any atom is 0.269 e. The van der Waals surface area contributed by atoms with E-state index in [0.29, 0.717) is 6.54 Å². The Bertz CT molecular complexity index is 1190. The van der Waals surface area contributed by atoms with Crippen molar-refractivity contribution < 1.29 is 14.0 Å². The van der Waals surface area contributed by atoms with Crippen LogP contribution in [0, 0.1) is 19.7 Å². The molecule has 3 aromatic carbocycles. The van der Waals surface area contributed by atoms with Gasteiger partial charge in [-0.15, -0.1) is 11.8 Å². The van der Waals surface area contributed by atoms with Crippen molar-refractivity contribution in [1.29, 1.82) is 0 Å². The number of halogens is 1. The Morgan fingerprint density at radius 3 is 2.35 bits per heavy atom. The molecule has 0 unspecified atom stereocenters. The Hall–Kier alpha value is -3.12. The zero-order valence-electron chi connectivity index (χ0n) is 17.3. The van der Waals surface area contributed by atoms with Gasteiger partial charge in [-0.2, -0.15) is 0 Å². The van der Waals surface area contributed by atoms with Crippen LogP contribution in [0.4, 0.5) is 15.8 Å². The molecule has 2 amide bonds. The normalized spacial score (nSPS) is 20.1. The lowest BCUT2D eigenvalue weighted by Gasteiger charge is -2.33. The molecule has 2 aliphatic rings. The van der Waals surface area contributed by atoms with Gasteiger partial charge in [-0.1, -0.05) is 36.4 Å². The van der Waals surface area contributed by atoms with Crippen LogP contribution in [0.3, 0.4) is 0 Å². The number of hydrogen-bond donors (Lipinski definition) is 0. The van der Waals surface area contributed by atoms with Gasteiger partial charge in [0.05, 0.1) is 18.0 Å². The highest BCUT2D eigenvalue weighted by molar-refractivity contribution is 8.02. The second-order valence-electron chi connectivity index (χ2n) is 8.04. The quantitative estimate of drug-likeness (QED) is 0.590. The first kappa shape index (κ1) is 19.8. The number of fused-ring (bicyclic) bond motifs is 2. The Kier molecular flexibility index (Phi) is 4.63. The summed E-state index contributed by atoms with van der Waals surface area (Å²) in [5.41, 5.74) is 5.24. The van der Waals surface area contributed by atoms with Crippen molar-refractivity contribution in [1.82, 2.24) is 0 Å². The SMILES string of the molecule is Cc1cc(C)cc(N2C(=O)CS[C@@]23C(=O)N(Cc2ccc(F)cc2)c2ccccc23)c1. The minimum absolute atomic E-state index is 0.0817. The maximum atomic E-state index is 14.0. The standard InChI is InChI=1S/C25H21FN2O2S/c1-16-11-17(2)13-20(12-16)28-23(29)15-31-25(28)21-5-3-4-6-22(21)27(24(25)30)14-18-7-9-19(26)10-8-18/h3-13H,14-15H2,1-2H3/t25-/m0/s1. The number of anilines is 2. The highest BCUT2D eigenvalue weighted by atomic mass is 32.2. The van der Waals surface area contributed by atoms with Gasteiger partial charge in [-0.25, -0.2) is 4.39 Å². The summed E-state index contributed by atoms with van der Waals surface area (Å²) in [6.07, 6.45) is 0. The minimum Gasteiger partial charge on any atom is -0.304 e. The van der Waals surface area contributed by atoms with Crippen LogP contribution in [-0.4, -0.2) is 17.6 Å². The van der Waals surface area contributed by atoms with Gasteiger partial charge in [-0.05, 0) is 60.9 Å². The predicted molar refractivity (Wildman–Crippen MR) is 122 cm³/mol. The van der Waals surface area contributed by atoms with Gasteiger partial charge in [0.15, 0.2) is 0 Å². The van der Waals surface area contributed by atoms with Gasteiger partial charge in [0.2, 0.25) is 10.8 Å². The van der Waals surface area contributed by atoms with Crippen molar-refractivity contribution in [2.75, 3.05) is 15.6 Å². The van der Waals surface area contributed by atoms with Gasteiger partial charge in [0.25, 0.3) is 5.91 Å². The molecule has 1 fully saturated rings. The largest absolute Gasteiger partial charge is 0.304 e. The number of para-hydroxylation sites is 1. The van der Waals surface area contributed by atoms with Crippen LogP contribution in [0.2, 0.25) is 0 Å². The van der Waals surface area contributed by atoms with Crippen LogP contribution >= 0.6 is 11.8 Å². The van der Waals surface area contributed by atoms with Gasteiger partial charge in [0.1, 0.15) is 5.82 Å². The summed E-state index contributed by atoms with van der Waals surface area (Å²) < 4.78 is 13.4. The molecule has 3 aromatic rings. The van der Waals surface area contributed by atoms with E-state index in [1.54, 1.807) is 21.9 Å². The first-order chi connectivity index (χ1) is 14.9. The van der Waals surface area contributed by atoms with Gasteiger partial charge in [0, 0.05) is 11.3 Å². The van der Waals surface area contributed by atoms with Crippen LogP contribution in [0.5, 0.6) is 0 Å². The molecule has 1 spiro atoms. The molecule has 0 radical (unpaired) electrons. The molecular weight excluding hydrogens is 411 g/mol. The predicted octanol–water partition coefficient (Wildman–Crippen LogP) is 4.92.